The third-order valence-corrected chi connectivity index (χ3v) is 6.22. The van der Waals surface area contributed by atoms with Crippen LogP contribution in [0.4, 0.5) is 0 Å². The van der Waals surface area contributed by atoms with Crippen LogP contribution in [0.15, 0.2) is 33.9 Å². The fraction of sp³-hybridized carbons (Fsp3) is 0.357. The van der Waals surface area contributed by atoms with Crippen molar-refractivity contribution in [2.45, 2.75) is 17.7 Å². The Morgan fingerprint density at radius 2 is 2.25 bits per heavy atom. The van der Waals surface area contributed by atoms with Crippen LogP contribution in [-0.4, -0.2) is 47.8 Å². The first-order valence-electron chi connectivity index (χ1n) is 7.13. The molecular weight excluding hydrogens is 374 g/mol. The summed E-state index contributed by atoms with van der Waals surface area (Å²) in [7, 11) is -3.01. The number of benzene rings is 1. The lowest BCUT2D eigenvalue weighted by atomic mass is 10.2. The molecule has 0 aliphatic carbocycles. The molecule has 1 aromatic carbocycles. The van der Waals surface area contributed by atoms with E-state index in [1.54, 1.807) is 24.3 Å². The highest BCUT2D eigenvalue weighted by molar-refractivity contribution is 7.99. The van der Waals surface area contributed by atoms with Gasteiger partial charge in [0.15, 0.2) is 9.84 Å². The molecule has 0 saturated carbocycles. The minimum Gasteiger partial charge on any atom is -0.411 e. The predicted octanol–water partition coefficient (Wildman–Crippen LogP) is 1.79. The quantitative estimate of drug-likeness (QED) is 0.780. The van der Waals surface area contributed by atoms with Gasteiger partial charge in [0.05, 0.1) is 17.3 Å². The number of carbonyl (C=O) groups is 1. The Morgan fingerprint density at radius 3 is 2.96 bits per heavy atom. The summed E-state index contributed by atoms with van der Waals surface area (Å²) in [4.78, 5) is 11.9. The van der Waals surface area contributed by atoms with Gasteiger partial charge in [-0.2, -0.15) is 0 Å². The summed E-state index contributed by atoms with van der Waals surface area (Å²) in [6.45, 7) is 0. The van der Waals surface area contributed by atoms with E-state index in [0.29, 0.717) is 22.9 Å². The van der Waals surface area contributed by atoms with E-state index in [4.69, 9.17) is 16.0 Å². The van der Waals surface area contributed by atoms with Crippen LogP contribution in [0.2, 0.25) is 5.02 Å². The number of thioether (sulfide) groups is 1. The highest BCUT2D eigenvalue weighted by Crippen LogP contribution is 2.25. The van der Waals surface area contributed by atoms with E-state index in [-0.39, 0.29) is 34.4 Å². The van der Waals surface area contributed by atoms with Gasteiger partial charge in [0.2, 0.25) is 11.8 Å². The molecule has 1 unspecified atom stereocenters. The van der Waals surface area contributed by atoms with Crippen LogP contribution in [0.25, 0.3) is 11.5 Å². The second-order valence-corrected chi connectivity index (χ2v) is 8.93. The minimum absolute atomic E-state index is 0.00286. The van der Waals surface area contributed by atoms with E-state index in [2.05, 4.69) is 15.5 Å². The highest BCUT2D eigenvalue weighted by atomic mass is 35.5. The van der Waals surface area contributed by atoms with E-state index in [9.17, 15) is 13.2 Å². The lowest BCUT2D eigenvalue weighted by Gasteiger charge is -2.09. The molecule has 0 bridgehead atoms. The molecule has 0 radical (unpaired) electrons. The number of nitrogens with zero attached hydrogens (tertiary/aromatic N) is 2. The Morgan fingerprint density at radius 1 is 1.42 bits per heavy atom. The van der Waals surface area contributed by atoms with Crippen LogP contribution in [0.5, 0.6) is 0 Å². The maximum absolute atomic E-state index is 11.9. The van der Waals surface area contributed by atoms with Gasteiger partial charge < -0.3 is 9.73 Å². The molecule has 1 aliphatic heterocycles. The molecule has 1 fully saturated rings. The molecule has 7 nitrogen and oxygen atoms in total. The first-order valence-corrected chi connectivity index (χ1v) is 10.3. The highest BCUT2D eigenvalue weighted by Gasteiger charge is 2.28. The van der Waals surface area contributed by atoms with Gasteiger partial charge in [0, 0.05) is 16.6 Å². The van der Waals surface area contributed by atoms with Gasteiger partial charge in [0.1, 0.15) is 0 Å². The molecule has 1 aromatic heterocycles. The van der Waals surface area contributed by atoms with Gasteiger partial charge >= 0.3 is 0 Å². The Kier molecular flexibility index (Phi) is 5.12. The summed E-state index contributed by atoms with van der Waals surface area (Å²) in [5.41, 5.74) is 0.697. The van der Waals surface area contributed by atoms with Crippen molar-refractivity contribution in [2.75, 3.05) is 17.3 Å². The molecule has 2 aromatic rings. The van der Waals surface area contributed by atoms with E-state index >= 15 is 0 Å². The molecule has 128 valence electrons. The number of halogens is 1. The number of aromatic nitrogens is 2. The Hall–Kier alpha value is -1.58. The topological polar surface area (TPSA) is 102 Å². The first-order chi connectivity index (χ1) is 11.4. The van der Waals surface area contributed by atoms with Gasteiger partial charge in [-0.05, 0) is 24.6 Å². The maximum Gasteiger partial charge on any atom is 0.277 e. The number of nitrogens with one attached hydrogen (secondary N) is 1. The minimum atomic E-state index is -3.01. The fourth-order valence-electron chi connectivity index (χ4n) is 2.31. The van der Waals surface area contributed by atoms with Crippen molar-refractivity contribution < 1.29 is 17.6 Å². The Balaban J connectivity index is 1.53. The summed E-state index contributed by atoms with van der Waals surface area (Å²) in [5, 5.41) is 11.3. The van der Waals surface area contributed by atoms with E-state index < -0.39 is 9.84 Å². The van der Waals surface area contributed by atoms with Crippen molar-refractivity contribution in [2.24, 2.45) is 0 Å². The molecule has 1 aliphatic rings. The number of hydrogen-bond donors (Lipinski definition) is 1. The molecule has 2 heterocycles. The lowest BCUT2D eigenvalue weighted by molar-refractivity contribution is -0.119. The Bertz CT molecular complexity index is 853. The number of amides is 1. The second kappa shape index (κ2) is 7.12. The molecular formula is C14H14ClN3O4S2. The van der Waals surface area contributed by atoms with Gasteiger partial charge in [-0.3, -0.25) is 4.79 Å². The molecule has 1 atom stereocenters. The van der Waals surface area contributed by atoms with Crippen molar-refractivity contribution in [1.29, 1.82) is 0 Å². The number of carbonyl (C=O) groups excluding carboxylic acids is 1. The number of rotatable bonds is 5. The molecule has 10 heteroatoms. The van der Waals surface area contributed by atoms with Crippen LogP contribution >= 0.6 is 23.4 Å². The standard InChI is InChI=1S/C14H14ClN3O4S2/c15-10-3-1-2-9(6-10)13-17-18-14(22-13)23-7-12(19)16-11-4-5-24(20,21)8-11/h1-3,6,11H,4-5,7-8H2,(H,16,19). The molecule has 0 spiro atoms. The third kappa shape index (κ3) is 4.49. The van der Waals surface area contributed by atoms with Crippen molar-refractivity contribution >= 4 is 39.1 Å². The average molecular weight is 388 g/mol. The zero-order chi connectivity index (χ0) is 17.2. The molecule has 3 rings (SSSR count). The lowest BCUT2D eigenvalue weighted by Crippen LogP contribution is -2.36. The largest absolute Gasteiger partial charge is 0.411 e. The van der Waals surface area contributed by atoms with Crippen LogP contribution < -0.4 is 5.32 Å². The van der Waals surface area contributed by atoms with Crippen molar-refractivity contribution in [3.63, 3.8) is 0 Å². The van der Waals surface area contributed by atoms with Crippen molar-refractivity contribution in [3.8, 4) is 11.5 Å². The van der Waals surface area contributed by atoms with Crippen molar-refractivity contribution in [3.05, 3.63) is 29.3 Å². The summed E-state index contributed by atoms with van der Waals surface area (Å²) in [5.74, 6) is 0.265. The molecule has 1 N–H and O–H groups in total. The molecule has 24 heavy (non-hydrogen) atoms. The van der Waals surface area contributed by atoms with Gasteiger partial charge in [-0.1, -0.05) is 29.4 Å². The smallest absolute Gasteiger partial charge is 0.277 e. The zero-order valence-corrected chi connectivity index (χ0v) is 14.8. The second-order valence-electron chi connectivity index (χ2n) is 5.34. The number of hydrogen-bond acceptors (Lipinski definition) is 7. The van der Waals surface area contributed by atoms with Crippen LogP contribution in [0.1, 0.15) is 6.42 Å². The third-order valence-electron chi connectivity index (χ3n) is 3.40. The van der Waals surface area contributed by atoms with Gasteiger partial charge in [-0.15, -0.1) is 10.2 Å². The van der Waals surface area contributed by atoms with Crippen molar-refractivity contribution in [1.82, 2.24) is 15.5 Å². The van der Waals surface area contributed by atoms with Gasteiger partial charge in [-0.25, -0.2) is 8.42 Å². The summed E-state index contributed by atoms with van der Waals surface area (Å²) >= 11 is 7.01. The maximum atomic E-state index is 11.9. The van der Waals surface area contributed by atoms with E-state index in [1.807, 2.05) is 0 Å². The first kappa shape index (κ1) is 17.2. The Labute approximate surface area is 148 Å². The van der Waals surface area contributed by atoms with Crippen LogP contribution in [0, 0.1) is 0 Å². The SMILES string of the molecule is O=C(CSc1nnc(-c2cccc(Cl)c2)o1)NC1CCS(=O)(=O)C1. The monoisotopic (exact) mass is 387 g/mol. The average Bonchev–Trinajstić information content (AvgIpc) is 3.12. The summed E-state index contributed by atoms with van der Waals surface area (Å²) in [6, 6.07) is 6.70. The summed E-state index contributed by atoms with van der Waals surface area (Å²) < 4.78 is 28.2. The summed E-state index contributed by atoms with van der Waals surface area (Å²) in [6.07, 6.45) is 0.457. The van der Waals surface area contributed by atoms with Crippen LogP contribution in [-0.2, 0) is 14.6 Å². The molecule has 1 amide bonds. The number of sulfone groups is 1. The zero-order valence-electron chi connectivity index (χ0n) is 12.4. The predicted molar refractivity (Wildman–Crippen MR) is 90.7 cm³/mol. The fourth-order valence-corrected chi connectivity index (χ4v) is 4.75. The van der Waals surface area contributed by atoms with Gasteiger partial charge in [0.25, 0.3) is 5.22 Å². The van der Waals surface area contributed by atoms with E-state index in [0.717, 1.165) is 11.8 Å². The normalized spacial score (nSPS) is 19.3. The van der Waals surface area contributed by atoms with E-state index in [1.165, 1.54) is 0 Å². The molecule has 1 saturated heterocycles. The van der Waals surface area contributed by atoms with Crippen LogP contribution in [0.3, 0.4) is 0 Å².